The molecule has 132 valence electrons. The summed E-state index contributed by atoms with van der Waals surface area (Å²) in [7, 11) is 0. The highest BCUT2D eigenvalue weighted by atomic mass is 16.7. The lowest BCUT2D eigenvalue weighted by Gasteiger charge is -2.20. The Morgan fingerprint density at radius 2 is 1.67 bits per heavy atom. The molecule has 1 heterocycles. The maximum atomic E-state index is 11.8. The molecule has 1 rings (SSSR count). The number of alkyl carbamates (subject to hydrolysis) is 1. The van der Waals surface area contributed by atoms with E-state index in [9.17, 15) is 9.59 Å². The maximum absolute atomic E-state index is 11.8. The van der Waals surface area contributed by atoms with Crippen molar-refractivity contribution in [1.29, 1.82) is 0 Å². The van der Waals surface area contributed by atoms with Crippen molar-refractivity contribution in [3.8, 4) is 0 Å². The monoisotopic (exact) mass is 337 g/mol. The summed E-state index contributed by atoms with van der Waals surface area (Å²) in [5.41, 5.74) is -1.13. The minimum absolute atomic E-state index is 0.0248. The Labute approximate surface area is 141 Å². The van der Waals surface area contributed by atoms with Gasteiger partial charge < -0.3 is 14.2 Å². The van der Waals surface area contributed by atoms with Gasteiger partial charge in [0.25, 0.3) is 0 Å². The average molecular weight is 337 g/mol. The van der Waals surface area contributed by atoms with Crippen molar-refractivity contribution in [2.24, 2.45) is 0 Å². The van der Waals surface area contributed by atoms with Crippen molar-refractivity contribution in [3.05, 3.63) is 30.5 Å². The van der Waals surface area contributed by atoms with Crippen LogP contribution < -0.4 is 5.32 Å². The number of ether oxygens (including phenoxy) is 3. The maximum Gasteiger partial charge on any atom is 0.514 e. The molecule has 0 aliphatic rings. The highest BCUT2D eigenvalue weighted by Gasteiger charge is 2.21. The third kappa shape index (κ3) is 8.11. The first kappa shape index (κ1) is 19.4. The van der Waals surface area contributed by atoms with Gasteiger partial charge in [-0.15, -0.1) is 0 Å². The zero-order chi connectivity index (χ0) is 18.4. The summed E-state index contributed by atoms with van der Waals surface area (Å²) >= 11 is 0. The van der Waals surface area contributed by atoms with Crippen molar-refractivity contribution in [3.63, 3.8) is 0 Å². The van der Waals surface area contributed by atoms with E-state index in [0.717, 1.165) is 0 Å². The van der Waals surface area contributed by atoms with Gasteiger partial charge in [0.1, 0.15) is 16.9 Å². The largest absolute Gasteiger partial charge is 0.514 e. The van der Waals surface area contributed by atoms with Gasteiger partial charge in [-0.1, -0.05) is 0 Å². The molecule has 0 aliphatic carbocycles. The molecule has 0 saturated carbocycles. The van der Waals surface area contributed by atoms with E-state index < -0.39 is 23.5 Å². The number of aromatic nitrogens is 2. The van der Waals surface area contributed by atoms with Crippen LogP contribution in [0.25, 0.3) is 5.76 Å². The van der Waals surface area contributed by atoms with Crippen LogP contribution in [0.15, 0.2) is 24.8 Å². The Morgan fingerprint density at radius 1 is 1.04 bits per heavy atom. The fourth-order valence-corrected chi connectivity index (χ4v) is 1.37. The second-order valence-electron chi connectivity index (χ2n) is 6.81. The van der Waals surface area contributed by atoms with Gasteiger partial charge in [-0.2, -0.15) is 0 Å². The molecule has 0 bridgehead atoms. The van der Waals surface area contributed by atoms with Gasteiger partial charge >= 0.3 is 12.2 Å². The van der Waals surface area contributed by atoms with Crippen LogP contribution in [0.3, 0.4) is 0 Å². The standard InChI is InChI=1S/C16H23N3O5/c1-15(2,3)23-13(20)19-10-12(11-9-17-7-8-18-11)22-14(21)24-16(4,5)6/h7-10H,1-6H3,(H,19,20)/b12-10+. The number of nitrogens with one attached hydrogen (secondary N) is 1. The van der Waals surface area contributed by atoms with Crippen LogP contribution in [0.4, 0.5) is 9.59 Å². The molecule has 8 nitrogen and oxygen atoms in total. The van der Waals surface area contributed by atoms with Crippen LogP contribution in [0.5, 0.6) is 0 Å². The fraction of sp³-hybridized carbons (Fsp3) is 0.500. The van der Waals surface area contributed by atoms with Crippen LogP contribution in [0.2, 0.25) is 0 Å². The first-order valence-corrected chi connectivity index (χ1v) is 7.33. The molecule has 0 spiro atoms. The van der Waals surface area contributed by atoms with E-state index in [0.29, 0.717) is 0 Å². The number of carbonyl (C=O) groups excluding carboxylic acids is 2. The number of rotatable bonds is 3. The molecule has 0 saturated heterocycles. The zero-order valence-electron chi connectivity index (χ0n) is 14.7. The first-order chi connectivity index (χ1) is 11.0. The molecule has 0 aromatic carbocycles. The quantitative estimate of drug-likeness (QED) is 0.667. The van der Waals surface area contributed by atoms with Crippen molar-refractivity contribution >= 4 is 18.0 Å². The molecule has 8 heteroatoms. The van der Waals surface area contributed by atoms with Gasteiger partial charge in [0.2, 0.25) is 0 Å². The predicted molar refractivity (Wildman–Crippen MR) is 86.7 cm³/mol. The molecule has 0 atom stereocenters. The number of carbonyl (C=O) groups is 2. The van der Waals surface area contributed by atoms with Gasteiger partial charge in [0.05, 0.1) is 12.4 Å². The van der Waals surface area contributed by atoms with E-state index in [-0.39, 0.29) is 11.5 Å². The van der Waals surface area contributed by atoms with Crippen LogP contribution in [-0.2, 0) is 14.2 Å². The molecule has 1 N–H and O–H groups in total. The normalized spacial score (nSPS) is 12.3. The van der Waals surface area contributed by atoms with E-state index in [1.807, 2.05) is 0 Å². The Morgan fingerprint density at radius 3 is 2.17 bits per heavy atom. The fourth-order valence-electron chi connectivity index (χ4n) is 1.37. The molecule has 0 fully saturated rings. The minimum Gasteiger partial charge on any atom is -0.444 e. The van der Waals surface area contributed by atoms with Crippen LogP contribution in [0.1, 0.15) is 47.2 Å². The van der Waals surface area contributed by atoms with E-state index in [1.165, 1.54) is 24.8 Å². The van der Waals surface area contributed by atoms with Crippen molar-refractivity contribution in [1.82, 2.24) is 15.3 Å². The Hall–Kier alpha value is -2.64. The zero-order valence-corrected chi connectivity index (χ0v) is 14.7. The van der Waals surface area contributed by atoms with E-state index in [2.05, 4.69) is 15.3 Å². The van der Waals surface area contributed by atoms with E-state index >= 15 is 0 Å². The summed E-state index contributed by atoms with van der Waals surface area (Å²) in [6.07, 6.45) is 3.82. The Balaban J connectivity index is 2.88. The second kappa shape index (κ2) is 7.76. The van der Waals surface area contributed by atoms with Crippen molar-refractivity contribution < 1.29 is 23.8 Å². The number of hydrogen-bond acceptors (Lipinski definition) is 7. The van der Waals surface area contributed by atoms with Crippen LogP contribution >= 0.6 is 0 Å². The van der Waals surface area contributed by atoms with Crippen LogP contribution in [-0.4, -0.2) is 33.4 Å². The smallest absolute Gasteiger partial charge is 0.444 e. The molecule has 0 aliphatic heterocycles. The third-order valence-corrected chi connectivity index (χ3v) is 2.12. The first-order valence-electron chi connectivity index (χ1n) is 7.33. The lowest BCUT2D eigenvalue weighted by Crippen LogP contribution is -2.30. The summed E-state index contributed by atoms with van der Waals surface area (Å²) in [5.74, 6) is -0.0248. The average Bonchev–Trinajstić information content (AvgIpc) is 2.40. The van der Waals surface area contributed by atoms with Crippen LogP contribution in [0, 0.1) is 0 Å². The molecule has 24 heavy (non-hydrogen) atoms. The summed E-state index contributed by atoms with van der Waals surface area (Å²) in [5, 5.41) is 2.38. The third-order valence-electron chi connectivity index (χ3n) is 2.12. The highest BCUT2D eigenvalue weighted by molar-refractivity contribution is 5.75. The molecule has 0 radical (unpaired) electrons. The second-order valence-corrected chi connectivity index (χ2v) is 6.81. The highest BCUT2D eigenvalue weighted by Crippen LogP contribution is 2.16. The minimum atomic E-state index is -0.926. The predicted octanol–water partition coefficient (Wildman–Crippen LogP) is 3.25. The van der Waals surface area contributed by atoms with Crippen molar-refractivity contribution in [2.75, 3.05) is 0 Å². The molecule has 1 amide bonds. The number of nitrogens with zero attached hydrogens (tertiary/aromatic N) is 2. The summed E-state index contributed by atoms with van der Waals surface area (Å²) in [6.45, 7) is 10.3. The number of hydrogen-bond donors (Lipinski definition) is 1. The van der Waals surface area contributed by atoms with Gasteiger partial charge in [-0.3, -0.25) is 10.3 Å². The lowest BCUT2D eigenvalue weighted by atomic mass is 10.2. The molecular weight excluding hydrogens is 314 g/mol. The molecule has 0 unspecified atom stereocenters. The van der Waals surface area contributed by atoms with E-state index in [1.54, 1.807) is 41.5 Å². The topological polar surface area (TPSA) is 99.6 Å². The molecule has 1 aromatic heterocycles. The molecular formula is C16H23N3O5. The van der Waals surface area contributed by atoms with Gasteiger partial charge in [0, 0.05) is 12.4 Å². The summed E-state index contributed by atoms with van der Waals surface area (Å²) in [4.78, 5) is 31.5. The molecule has 1 aromatic rings. The Bertz CT molecular complexity index is 600. The van der Waals surface area contributed by atoms with Gasteiger partial charge in [0.15, 0.2) is 5.76 Å². The summed E-state index contributed by atoms with van der Waals surface area (Å²) in [6, 6.07) is 0. The van der Waals surface area contributed by atoms with Gasteiger partial charge in [-0.05, 0) is 41.5 Å². The lowest BCUT2D eigenvalue weighted by molar-refractivity contribution is 0.0144. The number of amides is 1. The summed E-state index contributed by atoms with van der Waals surface area (Å²) < 4.78 is 15.3. The van der Waals surface area contributed by atoms with Crippen molar-refractivity contribution in [2.45, 2.75) is 52.7 Å². The Kier molecular flexibility index (Phi) is 6.27. The van der Waals surface area contributed by atoms with E-state index in [4.69, 9.17) is 14.2 Å². The van der Waals surface area contributed by atoms with Gasteiger partial charge in [-0.25, -0.2) is 14.6 Å². The SMILES string of the molecule is CC(C)(C)OC(=O)N/C=C(/OC(=O)OC(C)(C)C)c1cnccn1.